The Labute approximate surface area is 148 Å². The number of carboxylic acids is 1. The number of carboxylic acid groups (broad SMARTS) is 1. The van der Waals surface area contributed by atoms with Gasteiger partial charge in [0.15, 0.2) is 0 Å². The lowest BCUT2D eigenvalue weighted by Gasteiger charge is -2.32. The van der Waals surface area contributed by atoms with Crippen molar-refractivity contribution in [3.63, 3.8) is 0 Å². The second kappa shape index (κ2) is 7.33. The summed E-state index contributed by atoms with van der Waals surface area (Å²) in [5, 5.41) is 12.1. The van der Waals surface area contributed by atoms with Crippen LogP contribution in [0.4, 0.5) is 4.79 Å². The van der Waals surface area contributed by atoms with E-state index in [9.17, 15) is 9.59 Å². The molecule has 0 radical (unpaired) electrons. The van der Waals surface area contributed by atoms with Gasteiger partial charge in [0.2, 0.25) is 0 Å². The lowest BCUT2D eigenvalue weighted by atomic mass is 9.78. The molecular weight excluding hydrogens is 320 g/mol. The molecule has 0 bridgehead atoms. The molecule has 6 heteroatoms. The van der Waals surface area contributed by atoms with Crippen molar-refractivity contribution < 1.29 is 19.4 Å². The molecule has 6 nitrogen and oxygen atoms in total. The number of carbonyl (C=O) groups excluding carboxylic acids is 1. The molecule has 2 aliphatic rings. The smallest absolute Gasteiger partial charge is 0.317 e. The molecule has 1 aromatic carbocycles. The lowest BCUT2D eigenvalue weighted by Crippen LogP contribution is -2.45. The quantitative estimate of drug-likeness (QED) is 0.859. The van der Waals surface area contributed by atoms with Crippen LogP contribution in [-0.2, 0) is 10.2 Å². The van der Waals surface area contributed by atoms with E-state index in [0.29, 0.717) is 26.1 Å². The van der Waals surface area contributed by atoms with Crippen molar-refractivity contribution >= 4 is 12.0 Å². The van der Waals surface area contributed by atoms with E-state index in [1.165, 1.54) is 0 Å². The van der Waals surface area contributed by atoms with Crippen LogP contribution in [0, 0.1) is 5.92 Å². The van der Waals surface area contributed by atoms with Crippen LogP contribution in [0.2, 0.25) is 0 Å². The van der Waals surface area contributed by atoms with Gasteiger partial charge < -0.3 is 20.1 Å². The standard InChI is InChI=1S/C19H26N2O4/c1-25-16-7-3-2-6-15(16)19(9-4-5-10-19)13-20-18(24)21-11-8-14(12-21)17(22)23/h2-3,6-7,14H,4-5,8-13H2,1H3,(H,20,24)(H,22,23). The van der Waals surface area contributed by atoms with Gasteiger partial charge in [-0.15, -0.1) is 0 Å². The minimum Gasteiger partial charge on any atom is -0.496 e. The summed E-state index contributed by atoms with van der Waals surface area (Å²) in [6.07, 6.45) is 4.84. The molecule has 2 fully saturated rings. The molecule has 1 saturated heterocycles. The Morgan fingerprint density at radius 3 is 2.68 bits per heavy atom. The Balaban J connectivity index is 1.69. The maximum Gasteiger partial charge on any atom is 0.317 e. The largest absolute Gasteiger partial charge is 0.496 e. The Kier molecular flexibility index (Phi) is 5.16. The first-order valence-corrected chi connectivity index (χ1v) is 8.95. The van der Waals surface area contributed by atoms with E-state index in [1.54, 1.807) is 12.0 Å². The van der Waals surface area contributed by atoms with Gasteiger partial charge in [-0.05, 0) is 25.3 Å². The van der Waals surface area contributed by atoms with Gasteiger partial charge in [0.05, 0.1) is 13.0 Å². The van der Waals surface area contributed by atoms with Gasteiger partial charge in [0.25, 0.3) is 0 Å². The highest BCUT2D eigenvalue weighted by atomic mass is 16.5. The third-order valence-corrected chi connectivity index (χ3v) is 5.64. The number of methoxy groups -OCH3 is 1. The Bertz CT molecular complexity index is 640. The van der Waals surface area contributed by atoms with E-state index in [2.05, 4.69) is 11.4 Å². The number of ether oxygens (including phenoxy) is 1. The van der Waals surface area contributed by atoms with Crippen molar-refractivity contribution in [3.05, 3.63) is 29.8 Å². The number of nitrogens with zero attached hydrogens (tertiary/aromatic N) is 1. The van der Waals surface area contributed by atoms with Gasteiger partial charge >= 0.3 is 12.0 Å². The van der Waals surface area contributed by atoms with Crippen LogP contribution < -0.4 is 10.1 Å². The summed E-state index contributed by atoms with van der Waals surface area (Å²) < 4.78 is 5.54. The van der Waals surface area contributed by atoms with Crippen LogP contribution >= 0.6 is 0 Å². The minimum atomic E-state index is -0.823. The summed E-state index contributed by atoms with van der Waals surface area (Å²) in [4.78, 5) is 25.2. The highest BCUT2D eigenvalue weighted by Gasteiger charge is 2.39. The van der Waals surface area contributed by atoms with E-state index < -0.39 is 11.9 Å². The molecule has 25 heavy (non-hydrogen) atoms. The zero-order valence-electron chi connectivity index (χ0n) is 14.7. The number of amides is 2. The highest BCUT2D eigenvalue weighted by molar-refractivity contribution is 5.77. The second-order valence-corrected chi connectivity index (χ2v) is 7.12. The fraction of sp³-hybridized carbons (Fsp3) is 0.579. The molecule has 1 aliphatic carbocycles. The van der Waals surface area contributed by atoms with E-state index in [1.807, 2.05) is 18.2 Å². The van der Waals surface area contributed by atoms with Crippen molar-refractivity contribution in [2.24, 2.45) is 5.92 Å². The summed E-state index contributed by atoms with van der Waals surface area (Å²) in [6.45, 7) is 1.35. The first kappa shape index (κ1) is 17.6. The van der Waals surface area contributed by atoms with Crippen molar-refractivity contribution in [2.75, 3.05) is 26.7 Å². The molecular formula is C19H26N2O4. The zero-order valence-corrected chi connectivity index (χ0v) is 14.7. The molecule has 1 unspecified atom stereocenters. The van der Waals surface area contributed by atoms with Gasteiger partial charge in [0, 0.05) is 30.6 Å². The number of benzene rings is 1. The number of aliphatic carboxylic acids is 1. The number of likely N-dealkylation sites (tertiary alicyclic amines) is 1. The van der Waals surface area contributed by atoms with Gasteiger partial charge in [0.1, 0.15) is 5.75 Å². The van der Waals surface area contributed by atoms with E-state index in [-0.39, 0.29) is 11.4 Å². The molecule has 1 aliphatic heterocycles. The van der Waals surface area contributed by atoms with Crippen LogP contribution in [0.1, 0.15) is 37.7 Å². The average molecular weight is 346 g/mol. The number of urea groups is 1. The van der Waals surface area contributed by atoms with Crippen LogP contribution in [0.5, 0.6) is 5.75 Å². The monoisotopic (exact) mass is 346 g/mol. The molecule has 2 N–H and O–H groups in total. The molecule has 136 valence electrons. The zero-order chi connectivity index (χ0) is 17.9. The molecule has 1 atom stereocenters. The predicted octanol–water partition coefficient (Wildman–Crippen LogP) is 2.62. The summed E-state index contributed by atoms with van der Waals surface area (Å²) in [7, 11) is 1.68. The number of hydrogen-bond acceptors (Lipinski definition) is 3. The van der Waals surface area contributed by atoms with Gasteiger partial charge in [-0.1, -0.05) is 31.0 Å². The summed E-state index contributed by atoms with van der Waals surface area (Å²) in [5.74, 6) is -0.400. The van der Waals surface area contributed by atoms with Crippen LogP contribution in [0.15, 0.2) is 24.3 Å². The molecule has 0 aromatic heterocycles. The second-order valence-electron chi connectivity index (χ2n) is 7.12. The van der Waals surface area contributed by atoms with E-state index in [0.717, 1.165) is 37.0 Å². The number of nitrogens with one attached hydrogen (secondary N) is 1. The van der Waals surface area contributed by atoms with Crippen molar-refractivity contribution in [1.82, 2.24) is 10.2 Å². The first-order chi connectivity index (χ1) is 12.1. The number of para-hydroxylation sites is 1. The Morgan fingerprint density at radius 2 is 2.04 bits per heavy atom. The Hall–Kier alpha value is -2.24. The highest BCUT2D eigenvalue weighted by Crippen LogP contribution is 2.44. The molecule has 1 aromatic rings. The van der Waals surface area contributed by atoms with Gasteiger partial charge in [-0.2, -0.15) is 0 Å². The van der Waals surface area contributed by atoms with E-state index in [4.69, 9.17) is 9.84 Å². The fourth-order valence-corrected chi connectivity index (χ4v) is 4.18. The van der Waals surface area contributed by atoms with Crippen LogP contribution in [0.25, 0.3) is 0 Å². The first-order valence-electron chi connectivity index (χ1n) is 8.95. The summed E-state index contributed by atoms with van der Waals surface area (Å²) in [6, 6.07) is 7.86. The van der Waals surface area contributed by atoms with Crippen molar-refractivity contribution in [2.45, 2.75) is 37.5 Å². The fourth-order valence-electron chi connectivity index (χ4n) is 4.18. The van der Waals surface area contributed by atoms with Crippen molar-refractivity contribution in [3.8, 4) is 5.75 Å². The minimum absolute atomic E-state index is 0.103. The third kappa shape index (κ3) is 3.57. The summed E-state index contributed by atoms with van der Waals surface area (Å²) in [5.41, 5.74) is 1.05. The molecule has 3 rings (SSSR count). The SMILES string of the molecule is COc1ccccc1C1(CNC(=O)N2CCC(C(=O)O)C2)CCCC1. The number of rotatable bonds is 5. The van der Waals surface area contributed by atoms with Crippen LogP contribution in [-0.4, -0.2) is 48.8 Å². The van der Waals surface area contributed by atoms with Crippen molar-refractivity contribution in [1.29, 1.82) is 0 Å². The van der Waals surface area contributed by atoms with Gasteiger partial charge in [-0.3, -0.25) is 4.79 Å². The topological polar surface area (TPSA) is 78.9 Å². The van der Waals surface area contributed by atoms with Crippen LogP contribution in [0.3, 0.4) is 0 Å². The molecule has 2 amide bonds. The van der Waals surface area contributed by atoms with Gasteiger partial charge in [-0.25, -0.2) is 4.79 Å². The maximum atomic E-state index is 12.5. The normalized spacial score (nSPS) is 22.0. The molecule has 1 heterocycles. The average Bonchev–Trinajstić information content (AvgIpc) is 3.30. The predicted molar refractivity (Wildman–Crippen MR) is 93.9 cm³/mol. The lowest BCUT2D eigenvalue weighted by molar-refractivity contribution is -0.141. The maximum absolute atomic E-state index is 12.5. The number of carbonyl (C=O) groups is 2. The Morgan fingerprint density at radius 1 is 1.32 bits per heavy atom. The number of hydrogen-bond donors (Lipinski definition) is 2. The molecule has 0 spiro atoms. The van der Waals surface area contributed by atoms with E-state index >= 15 is 0 Å². The molecule has 1 saturated carbocycles. The third-order valence-electron chi connectivity index (χ3n) is 5.64. The summed E-state index contributed by atoms with van der Waals surface area (Å²) >= 11 is 0.